The van der Waals surface area contributed by atoms with Crippen LogP contribution in [-0.2, 0) is 19.6 Å². The largest absolute Gasteiger partial charge is 0.464 e. The van der Waals surface area contributed by atoms with E-state index in [0.717, 1.165) is 14.8 Å². The van der Waals surface area contributed by atoms with Crippen molar-refractivity contribution in [2.24, 2.45) is 0 Å². The number of nitrogens with zero attached hydrogens (tertiary/aromatic N) is 1. The average molecular weight is 414 g/mol. The summed E-state index contributed by atoms with van der Waals surface area (Å²) < 4.78 is 31.0. The third-order valence-electron chi connectivity index (χ3n) is 3.51. The normalized spacial score (nSPS) is 11.5. The second-order valence-corrected chi connectivity index (χ2v) is 9.25. The molecule has 0 aliphatic carbocycles. The number of aryl methyl sites for hydroxylation is 1. The van der Waals surface area contributed by atoms with Crippen LogP contribution in [0.15, 0.2) is 58.3 Å². The topological polar surface area (TPSA) is 63.7 Å². The smallest absolute Gasteiger partial charge is 0.321 e. The Hall–Kier alpha value is -1.54. The van der Waals surface area contributed by atoms with Gasteiger partial charge in [-0.3, -0.25) is 4.79 Å². The summed E-state index contributed by atoms with van der Waals surface area (Å²) in [4.78, 5) is 13.1. The number of carbonyl (C=O) groups excluding carboxylic acids is 1. The number of thioether (sulfide) groups is 1. The maximum atomic E-state index is 12.4. The Kier molecular flexibility index (Phi) is 7.52. The lowest BCUT2D eigenvalue weighted by molar-refractivity contribution is -0.142. The molecule has 0 atom stereocenters. The van der Waals surface area contributed by atoms with Crippen molar-refractivity contribution in [2.45, 2.75) is 16.7 Å². The Bertz CT molecular complexity index is 836. The number of sulfonamides is 1. The van der Waals surface area contributed by atoms with Gasteiger partial charge in [-0.25, -0.2) is 8.42 Å². The number of rotatable bonds is 8. The molecule has 0 saturated heterocycles. The molecule has 8 heteroatoms. The maximum Gasteiger partial charge on any atom is 0.321 e. The highest BCUT2D eigenvalue weighted by molar-refractivity contribution is 7.99. The third-order valence-corrected chi connectivity index (χ3v) is 6.56. The molecule has 0 aromatic heterocycles. The predicted octanol–water partition coefficient (Wildman–Crippen LogP) is 3.60. The Morgan fingerprint density at radius 3 is 2.35 bits per heavy atom. The maximum absolute atomic E-state index is 12.4. The lowest BCUT2D eigenvalue weighted by atomic mass is 10.2. The number of esters is 1. The standard InChI is InChI=1S/C18H20ClNO4S2/c1-14-3-9-17(10-4-14)26(22,23)20(2)13-18(21)24-11-12-25-16-7-5-15(19)6-8-16/h3-10H,11-13H2,1-2H3. The van der Waals surface area contributed by atoms with Crippen LogP contribution in [0.2, 0.25) is 5.02 Å². The van der Waals surface area contributed by atoms with Gasteiger partial charge in [0.2, 0.25) is 10.0 Å². The molecular formula is C18H20ClNO4S2. The van der Waals surface area contributed by atoms with Crippen molar-refractivity contribution < 1.29 is 17.9 Å². The summed E-state index contributed by atoms with van der Waals surface area (Å²) in [7, 11) is -2.35. The Morgan fingerprint density at radius 2 is 1.73 bits per heavy atom. The fourth-order valence-electron chi connectivity index (χ4n) is 2.05. The zero-order valence-corrected chi connectivity index (χ0v) is 16.9. The van der Waals surface area contributed by atoms with E-state index in [0.29, 0.717) is 10.8 Å². The molecule has 0 unspecified atom stereocenters. The number of halogens is 1. The molecule has 0 N–H and O–H groups in total. The van der Waals surface area contributed by atoms with Crippen molar-refractivity contribution in [3.63, 3.8) is 0 Å². The minimum Gasteiger partial charge on any atom is -0.464 e. The molecule has 0 aliphatic rings. The lowest BCUT2D eigenvalue weighted by Gasteiger charge is -2.16. The van der Waals surface area contributed by atoms with Gasteiger partial charge < -0.3 is 4.74 Å². The lowest BCUT2D eigenvalue weighted by Crippen LogP contribution is -2.33. The van der Waals surface area contributed by atoms with E-state index in [1.54, 1.807) is 24.3 Å². The first-order valence-electron chi connectivity index (χ1n) is 7.86. The van der Waals surface area contributed by atoms with E-state index >= 15 is 0 Å². The molecular weight excluding hydrogens is 394 g/mol. The number of likely N-dealkylation sites (N-methyl/N-ethyl adjacent to an activating group) is 1. The van der Waals surface area contributed by atoms with Gasteiger partial charge >= 0.3 is 5.97 Å². The van der Waals surface area contributed by atoms with E-state index in [4.69, 9.17) is 16.3 Å². The predicted molar refractivity (Wildman–Crippen MR) is 104 cm³/mol. The zero-order chi connectivity index (χ0) is 19.2. The van der Waals surface area contributed by atoms with E-state index in [2.05, 4.69) is 0 Å². The van der Waals surface area contributed by atoms with Gasteiger partial charge in [-0.15, -0.1) is 11.8 Å². The van der Waals surface area contributed by atoms with Crippen LogP contribution in [0, 0.1) is 6.92 Å². The summed E-state index contributed by atoms with van der Waals surface area (Å²) in [5.74, 6) is -0.0122. The average Bonchev–Trinajstić information content (AvgIpc) is 2.60. The van der Waals surface area contributed by atoms with Gasteiger partial charge in [0, 0.05) is 22.7 Å². The van der Waals surface area contributed by atoms with Crippen LogP contribution in [-0.4, -0.2) is 44.6 Å². The van der Waals surface area contributed by atoms with E-state index in [-0.39, 0.29) is 18.0 Å². The van der Waals surface area contributed by atoms with E-state index in [9.17, 15) is 13.2 Å². The Morgan fingerprint density at radius 1 is 1.12 bits per heavy atom. The van der Waals surface area contributed by atoms with Crippen LogP contribution < -0.4 is 0 Å². The fourth-order valence-corrected chi connectivity index (χ4v) is 4.02. The van der Waals surface area contributed by atoms with Gasteiger partial charge in [0.15, 0.2) is 0 Å². The number of hydrogen-bond donors (Lipinski definition) is 0. The summed E-state index contributed by atoms with van der Waals surface area (Å²) in [5, 5.41) is 0.665. The van der Waals surface area contributed by atoms with Crippen molar-refractivity contribution in [2.75, 3.05) is 26.0 Å². The van der Waals surface area contributed by atoms with E-state index in [1.807, 2.05) is 19.1 Å². The summed E-state index contributed by atoms with van der Waals surface area (Å²) in [5.41, 5.74) is 0.962. The minimum atomic E-state index is -3.71. The number of carbonyl (C=O) groups is 1. The molecule has 0 spiro atoms. The van der Waals surface area contributed by atoms with Crippen LogP contribution in [0.1, 0.15) is 5.56 Å². The van der Waals surface area contributed by atoms with E-state index in [1.165, 1.54) is 30.9 Å². The number of hydrogen-bond acceptors (Lipinski definition) is 5. The second-order valence-electron chi connectivity index (χ2n) is 5.60. The first-order chi connectivity index (χ1) is 12.3. The molecule has 2 aromatic carbocycles. The molecule has 5 nitrogen and oxygen atoms in total. The van der Waals surface area contributed by atoms with Gasteiger partial charge in [0.1, 0.15) is 13.2 Å². The van der Waals surface area contributed by atoms with Crippen LogP contribution in [0.5, 0.6) is 0 Å². The van der Waals surface area contributed by atoms with Gasteiger partial charge in [0.25, 0.3) is 0 Å². The molecule has 0 amide bonds. The molecule has 2 aromatic rings. The third kappa shape index (κ3) is 6.02. The molecule has 0 fully saturated rings. The van der Waals surface area contributed by atoms with Crippen molar-refractivity contribution in [3.8, 4) is 0 Å². The molecule has 140 valence electrons. The first kappa shape index (κ1) is 20.8. The summed E-state index contributed by atoms with van der Waals surface area (Å²) in [6.45, 7) is 1.74. The van der Waals surface area contributed by atoms with E-state index < -0.39 is 16.0 Å². The number of ether oxygens (including phenoxy) is 1. The molecule has 0 aliphatic heterocycles. The monoisotopic (exact) mass is 413 g/mol. The van der Waals surface area contributed by atoms with Gasteiger partial charge in [-0.2, -0.15) is 4.31 Å². The van der Waals surface area contributed by atoms with Gasteiger partial charge in [-0.1, -0.05) is 29.3 Å². The summed E-state index contributed by atoms with van der Waals surface area (Å²) >= 11 is 7.35. The summed E-state index contributed by atoms with van der Waals surface area (Å²) in [6.07, 6.45) is 0. The second kappa shape index (κ2) is 9.41. The first-order valence-corrected chi connectivity index (χ1v) is 10.7. The fraction of sp³-hybridized carbons (Fsp3) is 0.278. The molecule has 0 saturated carbocycles. The van der Waals surface area contributed by atoms with Crippen molar-refractivity contribution in [1.29, 1.82) is 0 Å². The van der Waals surface area contributed by atoms with Crippen molar-refractivity contribution in [3.05, 3.63) is 59.1 Å². The van der Waals surface area contributed by atoms with Crippen LogP contribution in [0.25, 0.3) is 0 Å². The molecule has 2 rings (SSSR count). The van der Waals surface area contributed by atoms with Gasteiger partial charge in [0.05, 0.1) is 4.90 Å². The van der Waals surface area contributed by atoms with Crippen molar-refractivity contribution >= 4 is 39.4 Å². The summed E-state index contributed by atoms with van der Waals surface area (Å²) in [6, 6.07) is 13.8. The highest BCUT2D eigenvalue weighted by atomic mass is 35.5. The van der Waals surface area contributed by atoms with Crippen LogP contribution >= 0.6 is 23.4 Å². The van der Waals surface area contributed by atoms with Crippen LogP contribution in [0.3, 0.4) is 0 Å². The minimum absolute atomic E-state index is 0.150. The Balaban J connectivity index is 1.79. The highest BCUT2D eigenvalue weighted by Crippen LogP contribution is 2.20. The SMILES string of the molecule is Cc1ccc(S(=O)(=O)N(C)CC(=O)OCCSc2ccc(Cl)cc2)cc1. The highest BCUT2D eigenvalue weighted by Gasteiger charge is 2.23. The van der Waals surface area contributed by atoms with Gasteiger partial charge in [-0.05, 0) is 43.3 Å². The molecule has 0 bridgehead atoms. The van der Waals surface area contributed by atoms with Crippen LogP contribution in [0.4, 0.5) is 0 Å². The molecule has 0 heterocycles. The zero-order valence-electron chi connectivity index (χ0n) is 14.5. The number of benzene rings is 2. The molecule has 0 radical (unpaired) electrons. The quantitative estimate of drug-likeness (QED) is 0.376. The van der Waals surface area contributed by atoms with Crippen molar-refractivity contribution in [1.82, 2.24) is 4.31 Å². The molecule has 26 heavy (non-hydrogen) atoms. The Labute approximate surface area is 163 Å².